The van der Waals surface area contributed by atoms with Crippen LogP contribution in [0.2, 0.25) is 5.02 Å². The summed E-state index contributed by atoms with van der Waals surface area (Å²) in [5, 5.41) is 0.563. The average molecular weight is 451 g/mol. The van der Waals surface area contributed by atoms with E-state index < -0.39 is 16.1 Å². The van der Waals surface area contributed by atoms with Gasteiger partial charge in [-0.25, -0.2) is 9.71 Å². The zero-order chi connectivity index (χ0) is 21.9. The maximum atomic E-state index is 12.4. The van der Waals surface area contributed by atoms with Gasteiger partial charge < -0.3 is 9.30 Å². The molecule has 0 aliphatic rings. The summed E-state index contributed by atoms with van der Waals surface area (Å²) in [7, 11) is -3.90. The van der Waals surface area contributed by atoms with E-state index in [1.165, 1.54) is 0 Å². The molecule has 2 aromatic carbocycles. The van der Waals surface area contributed by atoms with E-state index in [0.717, 1.165) is 11.4 Å². The predicted molar refractivity (Wildman–Crippen MR) is 116 cm³/mol. The van der Waals surface area contributed by atoms with Crippen molar-refractivity contribution in [1.29, 1.82) is 0 Å². The summed E-state index contributed by atoms with van der Waals surface area (Å²) in [4.78, 5) is 16.9. The van der Waals surface area contributed by atoms with Gasteiger partial charge in [-0.3, -0.25) is 4.79 Å². The molecule has 3 rings (SSSR count). The third-order valence-electron chi connectivity index (χ3n) is 4.43. The minimum atomic E-state index is -3.90. The molecule has 8 nitrogen and oxygen atoms in total. The van der Waals surface area contributed by atoms with Gasteiger partial charge in [-0.2, -0.15) is 13.1 Å². The van der Waals surface area contributed by atoms with Crippen LogP contribution in [0.5, 0.6) is 5.75 Å². The second kappa shape index (κ2) is 9.03. The number of amides is 1. The number of imidazole rings is 1. The van der Waals surface area contributed by atoms with E-state index >= 15 is 0 Å². The highest BCUT2D eigenvalue weighted by Gasteiger charge is 2.17. The number of benzene rings is 2. The van der Waals surface area contributed by atoms with Crippen molar-refractivity contribution in [2.75, 3.05) is 13.2 Å². The predicted octanol–water partition coefficient (Wildman–Crippen LogP) is 3.03. The van der Waals surface area contributed by atoms with Crippen molar-refractivity contribution < 1.29 is 17.9 Å². The topological polar surface area (TPSA) is 102 Å². The summed E-state index contributed by atoms with van der Waals surface area (Å²) >= 11 is 6.42. The molecule has 160 valence electrons. The smallest absolute Gasteiger partial charge is 0.301 e. The van der Waals surface area contributed by atoms with Crippen LogP contribution in [0.1, 0.15) is 35.6 Å². The van der Waals surface area contributed by atoms with E-state index in [4.69, 9.17) is 16.3 Å². The second-order valence-electron chi connectivity index (χ2n) is 6.57. The van der Waals surface area contributed by atoms with E-state index in [0.29, 0.717) is 35.0 Å². The van der Waals surface area contributed by atoms with Crippen molar-refractivity contribution >= 4 is 38.8 Å². The fourth-order valence-corrected chi connectivity index (χ4v) is 4.12. The molecule has 3 aromatic rings. The molecular formula is C20H23ClN4O4S. The second-order valence-corrected chi connectivity index (χ2v) is 8.47. The Hall–Kier alpha value is -2.62. The summed E-state index contributed by atoms with van der Waals surface area (Å²) in [6.07, 6.45) is 0. The molecule has 0 aliphatic carbocycles. The van der Waals surface area contributed by atoms with E-state index in [9.17, 15) is 13.2 Å². The molecule has 1 aromatic heterocycles. The number of ether oxygens (including phenoxy) is 1. The molecule has 0 bridgehead atoms. The zero-order valence-corrected chi connectivity index (χ0v) is 18.5. The number of hydrogen-bond donors (Lipinski definition) is 2. The molecule has 10 heteroatoms. The summed E-state index contributed by atoms with van der Waals surface area (Å²) in [6.45, 7) is 6.56. The Morgan fingerprint density at radius 3 is 2.63 bits per heavy atom. The van der Waals surface area contributed by atoms with E-state index in [-0.39, 0.29) is 12.1 Å². The lowest BCUT2D eigenvalue weighted by Crippen LogP contribution is -2.40. The van der Waals surface area contributed by atoms with Crippen LogP contribution in [0.15, 0.2) is 36.4 Å². The molecule has 0 unspecified atom stereocenters. The fraction of sp³-hybridized carbons (Fsp3) is 0.300. The number of aryl methyl sites for hydroxylation is 1. The monoisotopic (exact) mass is 450 g/mol. The van der Waals surface area contributed by atoms with Gasteiger partial charge in [0.2, 0.25) is 0 Å². The first-order valence-electron chi connectivity index (χ1n) is 9.44. The van der Waals surface area contributed by atoms with Crippen LogP contribution in [0, 0.1) is 6.92 Å². The van der Waals surface area contributed by atoms with Crippen molar-refractivity contribution in [1.82, 2.24) is 19.0 Å². The summed E-state index contributed by atoms with van der Waals surface area (Å²) in [5.74, 6) is 0.717. The molecule has 0 saturated carbocycles. The lowest BCUT2D eigenvalue weighted by atomic mass is 10.1. The minimum absolute atomic E-state index is 0.177. The number of hydrogen-bond acceptors (Lipinski definition) is 5. The molecule has 0 fully saturated rings. The number of carbonyl (C=O) groups is 1. The molecule has 0 radical (unpaired) electrons. The van der Waals surface area contributed by atoms with Crippen LogP contribution in [-0.4, -0.2) is 37.0 Å². The fourth-order valence-electron chi connectivity index (χ4n) is 3.07. The maximum absolute atomic E-state index is 12.4. The van der Waals surface area contributed by atoms with Gasteiger partial charge in [0, 0.05) is 17.1 Å². The first-order chi connectivity index (χ1) is 14.2. The quantitative estimate of drug-likeness (QED) is 0.549. The molecule has 30 heavy (non-hydrogen) atoms. The number of halogens is 1. The van der Waals surface area contributed by atoms with Crippen molar-refractivity contribution in [3.8, 4) is 5.75 Å². The van der Waals surface area contributed by atoms with Gasteiger partial charge in [0.25, 0.3) is 5.91 Å². The molecule has 0 aliphatic heterocycles. The van der Waals surface area contributed by atoms with Crippen LogP contribution < -0.4 is 14.2 Å². The Bertz CT molecular complexity index is 1190. The van der Waals surface area contributed by atoms with Crippen LogP contribution in [0.3, 0.4) is 0 Å². The van der Waals surface area contributed by atoms with Crippen LogP contribution in [-0.2, 0) is 16.8 Å². The van der Waals surface area contributed by atoms with Crippen LogP contribution >= 0.6 is 11.6 Å². The number of fused-ring (bicyclic) bond motifs is 1. The number of nitrogens with one attached hydrogen (secondary N) is 2. The largest absolute Gasteiger partial charge is 0.494 e. The third-order valence-corrected chi connectivity index (χ3v) is 5.90. The molecular weight excluding hydrogens is 428 g/mol. The van der Waals surface area contributed by atoms with Gasteiger partial charge in [-0.1, -0.05) is 24.6 Å². The lowest BCUT2D eigenvalue weighted by Gasteiger charge is -2.11. The average Bonchev–Trinajstić information content (AvgIpc) is 2.98. The van der Waals surface area contributed by atoms with Crippen LogP contribution in [0.4, 0.5) is 0 Å². The molecule has 0 spiro atoms. The van der Waals surface area contributed by atoms with Crippen molar-refractivity contribution in [3.63, 3.8) is 0 Å². The van der Waals surface area contributed by atoms with Gasteiger partial charge >= 0.3 is 10.2 Å². The molecule has 0 atom stereocenters. The van der Waals surface area contributed by atoms with Crippen molar-refractivity contribution in [3.05, 3.63) is 58.4 Å². The Morgan fingerprint density at radius 2 is 1.97 bits per heavy atom. The first-order valence-corrected chi connectivity index (χ1v) is 11.3. The molecule has 2 N–H and O–H groups in total. The summed E-state index contributed by atoms with van der Waals surface area (Å²) in [5.41, 5.74) is 2.47. The number of nitrogens with zero attached hydrogens (tertiary/aromatic N) is 2. The number of rotatable bonds is 8. The highest BCUT2D eigenvalue weighted by molar-refractivity contribution is 7.88. The minimum Gasteiger partial charge on any atom is -0.494 e. The van der Waals surface area contributed by atoms with E-state index in [2.05, 4.69) is 9.71 Å². The Kier molecular flexibility index (Phi) is 6.64. The van der Waals surface area contributed by atoms with E-state index in [1.54, 1.807) is 31.2 Å². The Labute approximate surface area is 180 Å². The van der Waals surface area contributed by atoms with Crippen LogP contribution in [0.25, 0.3) is 11.0 Å². The zero-order valence-electron chi connectivity index (χ0n) is 16.9. The number of aromatic nitrogens is 2. The highest BCUT2D eigenvalue weighted by Crippen LogP contribution is 2.26. The summed E-state index contributed by atoms with van der Waals surface area (Å²) < 4.78 is 35.2. The number of carbonyl (C=O) groups excluding carboxylic acids is 1. The first kappa shape index (κ1) is 22.1. The SMILES string of the molecule is CCNS(=O)(=O)NC(=O)c1ccc2nc(C)n(Cc3ccc(OCC)cc3Cl)c2c1. The highest BCUT2D eigenvalue weighted by atomic mass is 35.5. The molecule has 1 amide bonds. The van der Waals surface area contributed by atoms with Gasteiger partial charge in [-0.05, 0) is 49.7 Å². The van der Waals surface area contributed by atoms with Gasteiger partial charge in [0.05, 0.1) is 24.2 Å². The maximum Gasteiger partial charge on any atom is 0.301 e. The van der Waals surface area contributed by atoms with Gasteiger partial charge in [0.1, 0.15) is 11.6 Å². The van der Waals surface area contributed by atoms with E-state index in [1.807, 2.05) is 35.3 Å². The Morgan fingerprint density at radius 1 is 1.20 bits per heavy atom. The summed E-state index contributed by atoms with van der Waals surface area (Å²) in [6, 6.07) is 10.4. The standard InChI is InChI=1S/C20H23ClN4O4S/c1-4-22-30(27,28)24-20(26)14-7-9-18-19(10-14)25(13(3)23-18)12-15-6-8-16(29-5-2)11-17(15)21/h6-11,22H,4-5,12H2,1-3H3,(H,24,26). The van der Waals surface area contributed by atoms with Gasteiger partial charge in [-0.15, -0.1) is 0 Å². The normalized spacial score (nSPS) is 11.6. The molecule has 0 saturated heterocycles. The van der Waals surface area contributed by atoms with Crippen molar-refractivity contribution in [2.24, 2.45) is 0 Å². The lowest BCUT2D eigenvalue weighted by molar-refractivity contribution is 0.0981. The van der Waals surface area contributed by atoms with Crippen molar-refractivity contribution in [2.45, 2.75) is 27.3 Å². The molecule has 1 heterocycles. The van der Waals surface area contributed by atoms with Gasteiger partial charge in [0.15, 0.2) is 0 Å². The Balaban J connectivity index is 1.93. The third kappa shape index (κ3) is 4.92.